The summed E-state index contributed by atoms with van der Waals surface area (Å²) in [6.45, 7) is 9.13. The molecule has 1 saturated heterocycles. The Labute approximate surface area is 111 Å². The van der Waals surface area contributed by atoms with Crippen LogP contribution in [0.1, 0.15) is 40.5 Å². The van der Waals surface area contributed by atoms with E-state index >= 15 is 0 Å². The Morgan fingerprint density at radius 1 is 1.44 bits per heavy atom. The Morgan fingerprint density at radius 3 is 2.67 bits per heavy atom. The Kier molecular flexibility index (Phi) is 6.44. The van der Waals surface area contributed by atoms with Crippen molar-refractivity contribution in [1.82, 2.24) is 0 Å². The van der Waals surface area contributed by atoms with E-state index in [1.807, 2.05) is 19.1 Å². The van der Waals surface area contributed by atoms with Gasteiger partial charge in [-0.2, -0.15) is 0 Å². The minimum absolute atomic E-state index is 0.205. The van der Waals surface area contributed by atoms with Gasteiger partial charge in [0.15, 0.2) is 6.29 Å². The highest BCUT2D eigenvalue weighted by atomic mass is 16.7. The maximum Gasteiger partial charge on any atom is 0.184 e. The van der Waals surface area contributed by atoms with Crippen LogP contribution < -0.4 is 0 Å². The van der Waals surface area contributed by atoms with Crippen LogP contribution in [0.5, 0.6) is 0 Å². The monoisotopic (exact) mass is 254 g/mol. The van der Waals surface area contributed by atoms with Crippen molar-refractivity contribution in [2.45, 2.75) is 52.9 Å². The van der Waals surface area contributed by atoms with E-state index in [2.05, 4.69) is 20.8 Å². The molecule has 0 spiro atoms. The van der Waals surface area contributed by atoms with Gasteiger partial charge in [-0.05, 0) is 18.9 Å². The zero-order valence-electron chi connectivity index (χ0n) is 12.2. The van der Waals surface area contributed by atoms with Crippen LogP contribution in [0.3, 0.4) is 0 Å². The van der Waals surface area contributed by atoms with Crippen LogP contribution in [0.15, 0.2) is 23.5 Å². The maximum absolute atomic E-state index is 5.97. The quantitative estimate of drug-likeness (QED) is 0.535. The van der Waals surface area contributed by atoms with Crippen molar-refractivity contribution in [2.24, 2.45) is 5.92 Å². The molecule has 1 fully saturated rings. The first-order valence-electron chi connectivity index (χ1n) is 6.84. The summed E-state index contributed by atoms with van der Waals surface area (Å²) < 4.78 is 17.0. The molecule has 104 valence electrons. The molecule has 3 atom stereocenters. The summed E-state index contributed by atoms with van der Waals surface area (Å²) in [5, 5.41) is 0. The zero-order valence-corrected chi connectivity index (χ0v) is 12.2. The molecule has 3 heteroatoms. The van der Waals surface area contributed by atoms with Gasteiger partial charge in [0.05, 0.1) is 25.6 Å². The highest BCUT2D eigenvalue weighted by Crippen LogP contribution is 2.26. The number of ether oxygens (including phenoxy) is 3. The molecule has 3 unspecified atom stereocenters. The van der Waals surface area contributed by atoms with Gasteiger partial charge in [0, 0.05) is 12.0 Å². The normalized spacial score (nSPS) is 27.4. The minimum Gasteiger partial charge on any atom is -0.501 e. The highest BCUT2D eigenvalue weighted by molar-refractivity contribution is 5.23. The van der Waals surface area contributed by atoms with E-state index in [1.165, 1.54) is 0 Å². The fourth-order valence-electron chi connectivity index (χ4n) is 1.93. The summed E-state index contributed by atoms with van der Waals surface area (Å²) in [5.74, 6) is 1.48. The third-order valence-corrected chi connectivity index (χ3v) is 3.53. The first kappa shape index (κ1) is 15.3. The SMILES string of the molecule is C/C=C(\C=C(/CC)OC)C1OCC(C(C)CC)O1. The Morgan fingerprint density at radius 2 is 2.17 bits per heavy atom. The third-order valence-electron chi connectivity index (χ3n) is 3.53. The molecule has 0 saturated carbocycles. The molecule has 1 heterocycles. The van der Waals surface area contributed by atoms with Crippen molar-refractivity contribution < 1.29 is 14.2 Å². The predicted octanol–water partition coefficient (Wildman–Crippen LogP) is 3.66. The fraction of sp³-hybridized carbons (Fsp3) is 0.733. The van der Waals surface area contributed by atoms with E-state index in [4.69, 9.17) is 14.2 Å². The van der Waals surface area contributed by atoms with Crippen LogP contribution in [0.25, 0.3) is 0 Å². The molecular weight excluding hydrogens is 228 g/mol. The van der Waals surface area contributed by atoms with Gasteiger partial charge in [-0.3, -0.25) is 0 Å². The van der Waals surface area contributed by atoms with Gasteiger partial charge in [0.2, 0.25) is 0 Å². The second-order valence-electron chi connectivity index (χ2n) is 4.68. The lowest BCUT2D eigenvalue weighted by molar-refractivity contribution is -0.0363. The average molecular weight is 254 g/mol. The highest BCUT2D eigenvalue weighted by Gasteiger charge is 2.30. The van der Waals surface area contributed by atoms with E-state index < -0.39 is 0 Å². The van der Waals surface area contributed by atoms with Crippen molar-refractivity contribution in [3.8, 4) is 0 Å². The zero-order chi connectivity index (χ0) is 13.5. The van der Waals surface area contributed by atoms with Gasteiger partial charge < -0.3 is 14.2 Å². The molecule has 1 rings (SSSR count). The number of allylic oxidation sites excluding steroid dienone is 2. The van der Waals surface area contributed by atoms with Crippen LogP contribution in [0.4, 0.5) is 0 Å². The van der Waals surface area contributed by atoms with Crippen molar-refractivity contribution in [3.63, 3.8) is 0 Å². The van der Waals surface area contributed by atoms with Gasteiger partial charge in [-0.1, -0.05) is 33.3 Å². The first-order chi connectivity index (χ1) is 8.65. The number of rotatable bonds is 6. The van der Waals surface area contributed by atoms with Crippen molar-refractivity contribution in [1.29, 1.82) is 0 Å². The van der Waals surface area contributed by atoms with Gasteiger partial charge >= 0.3 is 0 Å². The van der Waals surface area contributed by atoms with E-state index in [0.29, 0.717) is 12.5 Å². The number of hydrogen-bond donors (Lipinski definition) is 0. The summed E-state index contributed by atoms with van der Waals surface area (Å²) >= 11 is 0. The second kappa shape index (κ2) is 7.59. The molecule has 0 amide bonds. The van der Waals surface area contributed by atoms with Crippen molar-refractivity contribution in [3.05, 3.63) is 23.5 Å². The van der Waals surface area contributed by atoms with Crippen LogP contribution in [-0.4, -0.2) is 26.1 Å². The molecule has 0 radical (unpaired) electrons. The molecule has 0 N–H and O–H groups in total. The largest absolute Gasteiger partial charge is 0.501 e. The van der Waals surface area contributed by atoms with Gasteiger partial charge in [0.25, 0.3) is 0 Å². The summed E-state index contributed by atoms with van der Waals surface area (Å²) in [6, 6.07) is 0. The van der Waals surface area contributed by atoms with Crippen molar-refractivity contribution >= 4 is 0 Å². The van der Waals surface area contributed by atoms with Crippen LogP contribution in [-0.2, 0) is 14.2 Å². The number of hydrogen-bond acceptors (Lipinski definition) is 3. The lowest BCUT2D eigenvalue weighted by Gasteiger charge is -2.17. The summed E-state index contributed by atoms with van der Waals surface area (Å²) in [5.41, 5.74) is 1.04. The summed E-state index contributed by atoms with van der Waals surface area (Å²) in [7, 11) is 1.70. The molecular formula is C15H26O3. The van der Waals surface area contributed by atoms with E-state index in [0.717, 1.165) is 24.2 Å². The lowest BCUT2D eigenvalue weighted by Crippen LogP contribution is -2.21. The smallest absolute Gasteiger partial charge is 0.184 e. The number of methoxy groups -OCH3 is 1. The lowest BCUT2D eigenvalue weighted by atomic mass is 10.0. The van der Waals surface area contributed by atoms with E-state index in [9.17, 15) is 0 Å². The van der Waals surface area contributed by atoms with Gasteiger partial charge in [-0.25, -0.2) is 0 Å². The van der Waals surface area contributed by atoms with Crippen LogP contribution >= 0.6 is 0 Å². The third kappa shape index (κ3) is 3.85. The maximum atomic E-state index is 5.97. The summed E-state index contributed by atoms with van der Waals surface area (Å²) in [4.78, 5) is 0. The summed E-state index contributed by atoms with van der Waals surface area (Å²) in [6.07, 6.45) is 5.99. The average Bonchev–Trinajstić information content (AvgIpc) is 2.89. The molecule has 0 bridgehead atoms. The second-order valence-corrected chi connectivity index (χ2v) is 4.68. The molecule has 3 nitrogen and oxygen atoms in total. The van der Waals surface area contributed by atoms with E-state index in [1.54, 1.807) is 7.11 Å². The van der Waals surface area contributed by atoms with E-state index in [-0.39, 0.29) is 12.4 Å². The molecule has 0 aliphatic carbocycles. The Bertz CT molecular complexity index is 301. The fourth-order valence-corrected chi connectivity index (χ4v) is 1.93. The van der Waals surface area contributed by atoms with Gasteiger partial charge in [0.1, 0.15) is 0 Å². The Hall–Kier alpha value is -0.800. The molecule has 0 aromatic rings. The van der Waals surface area contributed by atoms with Crippen LogP contribution in [0.2, 0.25) is 0 Å². The molecule has 0 aromatic heterocycles. The first-order valence-corrected chi connectivity index (χ1v) is 6.84. The van der Waals surface area contributed by atoms with Gasteiger partial charge in [-0.15, -0.1) is 0 Å². The van der Waals surface area contributed by atoms with Crippen molar-refractivity contribution in [2.75, 3.05) is 13.7 Å². The van der Waals surface area contributed by atoms with Crippen LogP contribution in [0, 0.1) is 5.92 Å². The standard InChI is InChI=1S/C15H26O3/c1-6-11(4)14-10-17-15(18-14)12(7-2)9-13(8-3)16-5/h7,9,11,14-15H,6,8,10H2,1-5H3/b12-7+,13-9+. The predicted molar refractivity (Wildman–Crippen MR) is 73.2 cm³/mol. The molecule has 0 aromatic carbocycles. The Balaban J connectivity index is 2.67. The molecule has 18 heavy (non-hydrogen) atoms. The minimum atomic E-state index is -0.245. The molecule has 1 aliphatic heterocycles. The topological polar surface area (TPSA) is 27.7 Å². The molecule has 1 aliphatic rings.